The summed E-state index contributed by atoms with van der Waals surface area (Å²) < 4.78 is 7.28. The number of Topliss-reactive ketones (excluding diaryl/α,β-unsaturated/α-hetero) is 1. The molecule has 0 radical (unpaired) electrons. The molecule has 2 aliphatic heterocycles. The van der Waals surface area contributed by atoms with Crippen molar-refractivity contribution in [3.8, 4) is 5.75 Å². The smallest absolute Gasteiger partial charge is 0.252 e. The number of hydrogen-bond donors (Lipinski definition) is 2. The minimum atomic E-state index is -1.22. The number of benzene rings is 1. The van der Waals surface area contributed by atoms with Gasteiger partial charge in [-0.2, -0.15) is 0 Å². The second kappa shape index (κ2) is 7.32. The van der Waals surface area contributed by atoms with Crippen LogP contribution in [0.2, 0.25) is 0 Å². The van der Waals surface area contributed by atoms with Gasteiger partial charge in [0.1, 0.15) is 17.0 Å². The molecule has 1 amide bonds. The van der Waals surface area contributed by atoms with Gasteiger partial charge in [-0.3, -0.25) is 9.59 Å². The van der Waals surface area contributed by atoms with Crippen LogP contribution in [0.1, 0.15) is 80.9 Å². The van der Waals surface area contributed by atoms with Gasteiger partial charge in [0.15, 0.2) is 5.78 Å². The van der Waals surface area contributed by atoms with Crippen LogP contribution in [0.5, 0.6) is 5.75 Å². The third-order valence-electron chi connectivity index (χ3n) is 10.3. The lowest BCUT2D eigenvalue weighted by Gasteiger charge is -2.66. The van der Waals surface area contributed by atoms with Gasteiger partial charge in [-0.1, -0.05) is 74.0 Å². The zero-order valence-electron chi connectivity index (χ0n) is 20.9. The zero-order valence-corrected chi connectivity index (χ0v) is 22.4. The van der Waals surface area contributed by atoms with Crippen LogP contribution >= 0.6 is 15.9 Å². The molecule has 35 heavy (non-hydrogen) atoms. The Morgan fingerprint density at radius 1 is 1.14 bits per heavy atom. The second-order valence-electron chi connectivity index (χ2n) is 12.3. The van der Waals surface area contributed by atoms with E-state index in [2.05, 4.69) is 48.9 Å². The molecule has 5 nitrogen and oxygen atoms in total. The summed E-state index contributed by atoms with van der Waals surface area (Å²) in [5, 5.41) is 14.6. The number of halogens is 1. The molecule has 2 heterocycles. The summed E-state index contributed by atoms with van der Waals surface area (Å²) in [6.45, 7) is 8.82. The third-order valence-corrected chi connectivity index (χ3v) is 11.0. The van der Waals surface area contributed by atoms with Crippen molar-refractivity contribution in [3.63, 3.8) is 0 Å². The van der Waals surface area contributed by atoms with Gasteiger partial charge in [0, 0.05) is 40.7 Å². The van der Waals surface area contributed by atoms with Gasteiger partial charge in [0.2, 0.25) is 0 Å². The maximum atomic E-state index is 13.3. The number of rotatable bonds is 1. The first-order chi connectivity index (χ1) is 16.4. The van der Waals surface area contributed by atoms with Crippen molar-refractivity contribution in [1.82, 2.24) is 5.32 Å². The first-order valence-corrected chi connectivity index (χ1v) is 13.8. The predicted octanol–water partition coefficient (Wildman–Crippen LogP) is 5.21. The minimum Gasteiger partial charge on any atom is -0.486 e. The topological polar surface area (TPSA) is 75.6 Å². The highest BCUT2D eigenvalue weighted by atomic mass is 79.9. The quantitative estimate of drug-likeness (QED) is 0.480. The van der Waals surface area contributed by atoms with E-state index in [0.29, 0.717) is 24.3 Å². The number of carbonyl (C=O) groups is 2. The molecule has 1 spiro atoms. The molecule has 0 bridgehead atoms. The average Bonchev–Trinajstić information content (AvgIpc) is 3.16. The Balaban J connectivity index is 1.56. The molecule has 1 aromatic carbocycles. The van der Waals surface area contributed by atoms with Gasteiger partial charge in [-0.15, -0.1) is 0 Å². The van der Waals surface area contributed by atoms with Gasteiger partial charge in [0.05, 0.1) is 10.9 Å². The van der Waals surface area contributed by atoms with Gasteiger partial charge in [-0.05, 0) is 36.8 Å². The van der Waals surface area contributed by atoms with Crippen LogP contribution in [0.3, 0.4) is 0 Å². The number of allylic oxidation sites excluding steroid dienone is 2. The van der Waals surface area contributed by atoms with Crippen molar-refractivity contribution < 1.29 is 19.4 Å². The van der Waals surface area contributed by atoms with Crippen LogP contribution in [-0.2, 0) is 11.2 Å². The molecule has 0 saturated heterocycles. The molecule has 0 aromatic heterocycles. The molecule has 6 heteroatoms. The Morgan fingerprint density at radius 3 is 2.63 bits per heavy atom. The number of alkyl halides is 1. The Labute approximate surface area is 215 Å². The Morgan fingerprint density at radius 2 is 1.91 bits per heavy atom. The standard InChI is InChI=1S/C29H34BrNO4/c1-16-8-11-20-26(2,3)24(32)19(30)15-29(20)27(16,4)14-17-9-10-18-21(22(17)35-29)23(31-25(18)33)28(34)12-6-5-7-13-28/h5-7,9-10,12,16,19-20,23,34H,8,11,13-15H2,1-4H3,(H,31,33)/t16-,19+,20-,23+,27+,28?,29-/m0/s1. The lowest BCUT2D eigenvalue weighted by molar-refractivity contribution is -0.207. The van der Waals surface area contributed by atoms with Crippen molar-refractivity contribution >= 4 is 27.6 Å². The Kier molecular flexibility index (Phi) is 4.91. The van der Waals surface area contributed by atoms with E-state index in [1.54, 1.807) is 6.08 Å². The third kappa shape index (κ3) is 2.90. The molecular weight excluding hydrogens is 506 g/mol. The summed E-state index contributed by atoms with van der Waals surface area (Å²) in [7, 11) is 0. The normalized spacial score (nSPS) is 42.9. The Hall–Kier alpha value is -1.92. The van der Waals surface area contributed by atoms with E-state index in [9.17, 15) is 14.7 Å². The number of aliphatic hydroxyl groups is 1. The molecule has 7 atom stereocenters. The molecule has 5 aliphatic rings. The SMILES string of the molecule is C[C@H]1CC[C@H]2C(C)(C)C(=O)[C@H](Br)C[C@]23Oc2c(ccc4c2[C@H](C2(O)C=CC=CC2)NC4=O)C[C@]13C. The van der Waals surface area contributed by atoms with Gasteiger partial charge in [-0.25, -0.2) is 0 Å². The van der Waals surface area contributed by atoms with E-state index in [0.717, 1.165) is 36.1 Å². The van der Waals surface area contributed by atoms with Crippen molar-refractivity contribution in [1.29, 1.82) is 0 Å². The van der Waals surface area contributed by atoms with E-state index in [1.807, 2.05) is 30.4 Å². The highest BCUT2D eigenvalue weighted by Crippen LogP contribution is 2.66. The Bertz CT molecular complexity index is 1200. The number of amides is 1. The lowest BCUT2D eigenvalue weighted by atomic mass is 9.44. The van der Waals surface area contributed by atoms with Crippen molar-refractivity contribution in [2.75, 3.05) is 0 Å². The monoisotopic (exact) mass is 539 g/mol. The van der Waals surface area contributed by atoms with Crippen molar-refractivity contribution in [2.45, 2.75) is 81.9 Å². The highest BCUT2D eigenvalue weighted by molar-refractivity contribution is 9.10. The number of ether oxygens (including phenoxy) is 1. The first kappa shape index (κ1) is 23.5. The number of nitrogens with one attached hydrogen (secondary N) is 1. The van der Waals surface area contributed by atoms with Crippen LogP contribution in [-0.4, -0.2) is 32.8 Å². The summed E-state index contributed by atoms with van der Waals surface area (Å²) in [6, 6.07) is 3.35. The second-order valence-corrected chi connectivity index (χ2v) is 13.4. The molecule has 6 rings (SSSR count). The van der Waals surface area contributed by atoms with Gasteiger partial charge < -0.3 is 15.2 Å². The number of hydrogen-bond acceptors (Lipinski definition) is 4. The van der Waals surface area contributed by atoms with Crippen LogP contribution in [0.25, 0.3) is 0 Å². The van der Waals surface area contributed by atoms with Gasteiger partial charge in [0.25, 0.3) is 5.91 Å². The number of fused-ring (bicyclic) bond motifs is 3. The average molecular weight is 540 g/mol. The molecule has 2 fully saturated rings. The van der Waals surface area contributed by atoms with E-state index in [4.69, 9.17) is 4.74 Å². The number of ketones is 1. The van der Waals surface area contributed by atoms with Crippen LogP contribution < -0.4 is 10.1 Å². The molecule has 186 valence electrons. The summed E-state index contributed by atoms with van der Waals surface area (Å²) in [5.74, 6) is 1.31. The lowest BCUT2D eigenvalue weighted by Crippen LogP contribution is -2.71. The molecule has 1 unspecified atom stereocenters. The minimum absolute atomic E-state index is 0.0746. The summed E-state index contributed by atoms with van der Waals surface area (Å²) >= 11 is 3.73. The maximum absolute atomic E-state index is 13.3. The highest BCUT2D eigenvalue weighted by Gasteiger charge is 2.69. The van der Waals surface area contributed by atoms with Gasteiger partial charge >= 0.3 is 0 Å². The zero-order chi connectivity index (χ0) is 25.0. The molecule has 2 N–H and O–H groups in total. The fourth-order valence-corrected chi connectivity index (χ4v) is 9.12. The fraction of sp³-hybridized carbons (Fsp3) is 0.586. The summed E-state index contributed by atoms with van der Waals surface area (Å²) in [6.07, 6.45) is 11.3. The van der Waals surface area contributed by atoms with Crippen LogP contribution in [0.15, 0.2) is 36.4 Å². The first-order valence-electron chi connectivity index (χ1n) is 12.9. The van der Waals surface area contributed by atoms with E-state index < -0.39 is 22.7 Å². The molecule has 2 saturated carbocycles. The predicted molar refractivity (Wildman–Crippen MR) is 138 cm³/mol. The number of carbonyl (C=O) groups excluding carboxylic acids is 2. The summed E-state index contributed by atoms with van der Waals surface area (Å²) in [4.78, 5) is 26.1. The van der Waals surface area contributed by atoms with E-state index in [1.165, 1.54) is 0 Å². The fourth-order valence-electron chi connectivity index (χ4n) is 8.05. The summed E-state index contributed by atoms with van der Waals surface area (Å²) in [5.41, 5.74) is -0.00423. The molecule has 1 aromatic rings. The van der Waals surface area contributed by atoms with E-state index >= 15 is 0 Å². The van der Waals surface area contributed by atoms with Crippen molar-refractivity contribution in [2.24, 2.45) is 22.7 Å². The maximum Gasteiger partial charge on any atom is 0.252 e. The molecular formula is C29H34BrNO4. The van der Waals surface area contributed by atoms with Crippen LogP contribution in [0, 0.1) is 22.7 Å². The molecule has 3 aliphatic carbocycles. The van der Waals surface area contributed by atoms with Crippen molar-refractivity contribution in [3.05, 3.63) is 53.1 Å². The largest absolute Gasteiger partial charge is 0.486 e. The van der Waals surface area contributed by atoms with Crippen LogP contribution in [0.4, 0.5) is 0 Å². The van der Waals surface area contributed by atoms with E-state index in [-0.39, 0.29) is 27.9 Å².